The third-order valence-corrected chi connectivity index (χ3v) is 13.0. The van der Waals surface area contributed by atoms with Gasteiger partial charge in [-0.1, -0.05) is 0 Å². The maximum Gasteiger partial charge on any atom is 0.523 e. The van der Waals surface area contributed by atoms with Gasteiger partial charge in [-0.05, 0) is 58.2 Å². The van der Waals surface area contributed by atoms with E-state index in [9.17, 15) is 66.9 Å². The van der Waals surface area contributed by atoms with E-state index in [0.717, 1.165) is 12.1 Å². The molecule has 0 radical (unpaired) electrons. The first-order valence-electron chi connectivity index (χ1n) is 15.4. The van der Waals surface area contributed by atoms with Gasteiger partial charge in [0.15, 0.2) is 56.3 Å². The Morgan fingerprint density at radius 1 is 0.581 bits per heavy atom. The molecule has 0 aliphatic heterocycles. The first-order chi connectivity index (χ1) is 28.3. The number of nitrogens with zero attached hydrogens (tertiary/aromatic N) is 4. The molecule has 0 heterocycles. The molecule has 0 unspecified atom stereocenters. The van der Waals surface area contributed by atoms with Gasteiger partial charge in [0.2, 0.25) is 0 Å². The van der Waals surface area contributed by atoms with Crippen LogP contribution in [-0.4, -0.2) is 33.4 Å². The highest BCUT2D eigenvalue weighted by atomic mass is 32.2. The van der Waals surface area contributed by atoms with Gasteiger partial charge in [-0.25, -0.2) is 52.0 Å². The second-order valence-electron chi connectivity index (χ2n) is 12.2. The molecule has 0 spiro atoms. The quantitative estimate of drug-likeness (QED) is 0.108. The summed E-state index contributed by atoms with van der Waals surface area (Å²) in [5.74, 6) is -27.2. The van der Waals surface area contributed by atoms with Crippen LogP contribution in [0.1, 0.15) is 18.1 Å². The smallest absolute Gasteiger partial charge is 0.214 e. The van der Waals surface area contributed by atoms with Crippen molar-refractivity contribution in [3.05, 3.63) is 113 Å². The molecular formula is C34H7F17N4O4S3. The Balaban J connectivity index is 2.30. The number of hydrogen-bond donors (Lipinski definition) is 0. The van der Waals surface area contributed by atoms with Crippen LogP contribution in [0.3, 0.4) is 0 Å². The van der Waals surface area contributed by atoms with Crippen molar-refractivity contribution in [2.75, 3.05) is 0 Å². The molecule has 0 saturated heterocycles. The van der Waals surface area contributed by atoms with Gasteiger partial charge in [-0.2, -0.15) is 59.7 Å². The van der Waals surface area contributed by atoms with Gasteiger partial charge < -0.3 is 0 Å². The summed E-state index contributed by atoms with van der Waals surface area (Å²) in [5, 5.41) is 16.4. The van der Waals surface area contributed by atoms with Crippen LogP contribution < -0.4 is 10.4 Å². The molecule has 0 fully saturated rings. The van der Waals surface area contributed by atoms with E-state index >= 15 is 35.1 Å². The fraction of sp³-hybridized carbons (Fsp3) is 0.176. The number of alkyl halides is 9. The van der Waals surface area contributed by atoms with Crippen molar-refractivity contribution in [3.63, 3.8) is 0 Å². The van der Waals surface area contributed by atoms with Crippen LogP contribution in [0.2, 0.25) is 0 Å². The summed E-state index contributed by atoms with van der Waals surface area (Å²) >= 11 is -1.47. The fourth-order valence-corrected chi connectivity index (χ4v) is 9.28. The standard InChI is InChI=1S/C34H7F17N4O4S3/c1-8-10(31(54-2)55-3)4-12-14(8)15(18-20(35)24(39)29(25(40)21(18)36)61(56,57)33(46,47)48)13-5-11(9(6-52)7-53)28(60-32(43,44)45)17(13)16(12)19-22(37)26(41)30(27(42)23(19)38)62(58,59)34(49,50)51/h4-5H2,1H3. The average molecular weight is 955 g/mol. The van der Waals surface area contributed by atoms with Crippen molar-refractivity contribution in [2.45, 2.75) is 46.1 Å². The first-order valence-corrected chi connectivity index (χ1v) is 19.1. The number of halogens is 17. The van der Waals surface area contributed by atoms with E-state index in [4.69, 9.17) is 13.1 Å². The van der Waals surface area contributed by atoms with Gasteiger partial charge in [0, 0.05) is 22.1 Å². The fourth-order valence-electron chi connectivity index (χ4n) is 6.65. The summed E-state index contributed by atoms with van der Waals surface area (Å²) in [5.41, 5.74) is -34.4. The van der Waals surface area contributed by atoms with E-state index in [1.54, 1.807) is 0 Å². The molecule has 5 rings (SSSR count). The first kappa shape index (κ1) is 47.0. The molecule has 3 aromatic rings. The highest BCUT2D eigenvalue weighted by Crippen LogP contribution is 2.50. The van der Waals surface area contributed by atoms with Crippen LogP contribution in [0.15, 0.2) is 32.3 Å². The molecule has 324 valence electrons. The molecular weight excluding hydrogens is 948 g/mol. The monoisotopic (exact) mass is 954 g/mol. The maximum absolute atomic E-state index is 16.2. The molecule has 3 aromatic carbocycles. The van der Waals surface area contributed by atoms with Crippen molar-refractivity contribution in [3.8, 4) is 34.4 Å². The summed E-state index contributed by atoms with van der Waals surface area (Å²) in [7, 11) is -14.8. The lowest BCUT2D eigenvalue weighted by molar-refractivity contribution is -0.0446. The Labute approximate surface area is 337 Å². The van der Waals surface area contributed by atoms with Crippen LogP contribution in [0.5, 0.6) is 0 Å². The number of nitriles is 2. The molecule has 0 aromatic heterocycles. The average Bonchev–Trinajstić information content (AvgIpc) is 3.67. The molecule has 0 amide bonds. The van der Waals surface area contributed by atoms with Crippen LogP contribution in [0.25, 0.3) is 42.4 Å². The zero-order chi connectivity index (χ0) is 47.3. The van der Waals surface area contributed by atoms with E-state index in [1.165, 1.54) is 0 Å². The minimum atomic E-state index is -7.40. The number of sulfone groups is 2. The van der Waals surface area contributed by atoms with Crippen molar-refractivity contribution in [1.29, 1.82) is 10.5 Å². The third-order valence-electron chi connectivity index (χ3n) is 9.06. The van der Waals surface area contributed by atoms with E-state index < -0.39 is 194 Å². The molecule has 28 heteroatoms. The number of hydrogen-bond acceptors (Lipinski definition) is 7. The SMILES string of the molecule is [C-]#[N+]C([N+]#[C-])=C1Cc2c(-c3c(F)c(F)c(S(=O)(=O)C(F)(F)F)c(F)c3F)c3c(c(-c4c(F)c(F)c(S(=O)(=O)C(F)(F)F)c(F)c4F)c2=C1C)CC(=C(C#N)C#N)C=3SC(F)(F)F. The number of fused-ring (bicyclic) bond motifs is 2. The lowest BCUT2D eigenvalue weighted by atomic mass is 9.86. The molecule has 0 atom stereocenters. The predicted molar refractivity (Wildman–Crippen MR) is 175 cm³/mol. The zero-order valence-corrected chi connectivity index (χ0v) is 31.4. The summed E-state index contributed by atoms with van der Waals surface area (Å²) in [6.07, 6.45) is -3.01. The van der Waals surface area contributed by atoms with Gasteiger partial charge in [0.1, 0.15) is 30.9 Å². The van der Waals surface area contributed by atoms with Crippen molar-refractivity contribution < 1.29 is 91.5 Å². The maximum atomic E-state index is 16.2. The molecule has 62 heavy (non-hydrogen) atoms. The van der Waals surface area contributed by atoms with E-state index in [2.05, 4.69) is 9.69 Å². The Morgan fingerprint density at radius 3 is 1.24 bits per heavy atom. The molecule has 2 aliphatic rings. The second-order valence-corrected chi connectivity index (χ2v) is 17.1. The number of thioether (sulfide) groups is 1. The molecule has 0 N–H and O–H groups in total. The topological polar surface area (TPSA) is 125 Å². The Bertz CT molecular complexity index is 3140. The van der Waals surface area contributed by atoms with Gasteiger partial charge in [0.05, 0.1) is 16.7 Å². The van der Waals surface area contributed by atoms with Crippen molar-refractivity contribution >= 4 is 41.9 Å². The molecule has 0 saturated carbocycles. The van der Waals surface area contributed by atoms with Gasteiger partial charge in [0.25, 0.3) is 19.7 Å². The number of rotatable bonds is 5. The highest BCUT2D eigenvalue weighted by molar-refractivity contribution is 8.09. The Kier molecular flexibility index (Phi) is 11.4. The van der Waals surface area contributed by atoms with Gasteiger partial charge in [-0.3, -0.25) is 0 Å². The van der Waals surface area contributed by atoms with Crippen LogP contribution in [0.4, 0.5) is 74.6 Å². The zero-order valence-electron chi connectivity index (χ0n) is 29.0. The molecule has 2 aliphatic carbocycles. The predicted octanol–water partition coefficient (Wildman–Crippen LogP) is 8.76. The lowest BCUT2D eigenvalue weighted by Gasteiger charge is -2.20. The van der Waals surface area contributed by atoms with Crippen molar-refractivity contribution in [1.82, 2.24) is 0 Å². The van der Waals surface area contributed by atoms with E-state index in [-0.39, 0.29) is 0 Å². The Hall–Kier alpha value is -6.10. The van der Waals surface area contributed by atoms with Crippen molar-refractivity contribution in [2.24, 2.45) is 0 Å². The molecule has 8 nitrogen and oxygen atoms in total. The lowest BCUT2D eigenvalue weighted by Crippen LogP contribution is -2.29. The number of allylic oxidation sites excluding steroid dienone is 2. The van der Waals surface area contributed by atoms with Gasteiger partial charge >= 0.3 is 22.3 Å². The Morgan fingerprint density at radius 2 is 0.919 bits per heavy atom. The van der Waals surface area contributed by atoms with Crippen LogP contribution in [-0.2, 0) is 32.5 Å². The second kappa shape index (κ2) is 15.1. The van der Waals surface area contributed by atoms with Crippen LogP contribution >= 0.6 is 11.8 Å². The summed E-state index contributed by atoms with van der Waals surface area (Å²) < 4.78 is 299. The molecule has 0 bridgehead atoms. The largest absolute Gasteiger partial charge is 0.523 e. The summed E-state index contributed by atoms with van der Waals surface area (Å²) in [6.45, 7) is 15.4. The highest BCUT2D eigenvalue weighted by Gasteiger charge is 2.54. The normalized spacial score (nSPS) is 14.3. The minimum absolute atomic E-state index is 0.714. The number of benzene rings is 3. The van der Waals surface area contributed by atoms with Crippen LogP contribution in [0, 0.1) is 82.3 Å². The van der Waals surface area contributed by atoms with E-state index in [0.29, 0.717) is 6.92 Å². The minimum Gasteiger partial charge on any atom is -0.214 e. The van der Waals surface area contributed by atoms with Gasteiger partial charge in [-0.15, -0.1) is 0 Å². The summed E-state index contributed by atoms with van der Waals surface area (Å²) in [6, 6.07) is 2.16. The summed E-state index contributed by atoms with van der Waals surface area (Å²) in [4.78, 5) is -2.75. The third kappa shape index (κ3) is 6.80. The van der Waals surface area contributed by atoms with E-state index in [1.807, 2.05) is 0 Å².